The van der Waals surface area contributed by atoms with Crippen LogP contribution in [-0.2, 0) is 4.79 Å². The van der Waals surface area contributed by atoms with Gasteiger partial charge in [0.25, 0.3) is 0 Å². The molecule has 0 radical (unpaired) electrons. The molecule has 0 aromatic heterocycles. The van der Waals surface area contributed by atoms with E-state index >= 15 is 0 Å². The molecule has 2 fully saturated rings. The molecule has 2 aliphatic heterocycles. The van der Waals surface area contributed by atoms with Crippen LogP contribution in [-0.4, -0.2) is 42.4 Å². The van der Waals surface area contributed by atoms with Crippen LogP contribution in [0, 0.1) is 5.41 Å². The topological polar surface area (TPSA) is 32.3 Å². The minimum Gasteiger partial charge on any atom is -0.307 e. The molecule has 1 N–H and O–H groups in total. The molecule has 1 unspecified atom stereocenters. The maximum atomic E-state index is 12.0. The smallest absolute Gasteiger partial charge is 0.150 e. The third kappa shape index (κ3) is 3.08. The van der Waals surface area contributed by atoms with Crippen molar-refractivity contribution in [3.05, 3.63) is 0 Å². The second-order valence-corrected chi connectivity index (χ2v) is 6.38. The molecule has 1 atom stereocenters. The maximum Gasteiger partial charge on any atom is 0.150 e. The number of hydrogen-bond donors (Lipinski definition) is 1. The number of nitrogens with one attached hydrogen (secondary N) is 1. The summed E-state index contributed by atoms with van der Waals surface area (Å²) >= 11 is 0. The van der Waals surface area contributed by atoms with E-state index in [1.54, 1.807) is 0 Å². The van der Waals surface area contributed by atoms with Gasteiger partial charge in [-0.05, 0) is 58.2 Å². The summed E-state index contributed by atoms with van der Waals surface area (Å²) in [6.07, 6.45) is 4.16. The van der Waals surface area contributed by atoms with Crippen molar-refractivity contribution < 1.29 is 4.79 Å². The van der Waals surface area contributed by atoms with Gasteiger partial charge in [-0.2, -0.15) is 0 Å². The summed E-state index contributed by atoms with van der Waals surface area (Å²) < 4.78 is 0. The van der Waals surface area contributed by atoms with Crippen molar-refractivity contribution in [1.29, 1.82) is 0 Å². The predicted octanol–water partition coefficient (Wildman–Crippen LogP) is 1.82. The second-order valence-electron chi connectivity index (χ2n) is 6.38. The fourth-order valence-corrected chi connectivity index (χ4v) is 2.86. The molecule has 98 valence electrons. The van der Waals surface area contributed by atoms with E-state index in [0.717, 1.165) is 32.5 Å². The number of nitrogens with zero attached hydrogens (tertiary/aromatic N) is 1. The second kappa shape index (κ2) is 5.07. The molecule has 2 saturated heterocycles. The molecule has 2 heterocycles. The highest BCUT2D eigenvalue weighted by Crippen LogP contribution is 2.35. The van der Waals surface area contributed by atoms with Gasteiger partial charge >= 0.3 is 0 Å². The highest BCUT2D eigenvalue weighted by molar-refractivity contribution is 5.85. The van der Waals surface area contributed by atoms with Crippen LogP contribution in [0.5, 0.6) is 0 Å². The number of hydrogen-bond acceptors (Lipinski definition) is 3. The van der Waals surface area contributed by atoms with Crippen LogP contribution in [0.4, 0.5) is 0 Å². The molecule has 17 heavy (non-hydrogen) atoms. The minimum atomic E-state index is 0.176. The predicted molar refractivity (Wildman–Crippen MR) is 70.1 cm³/mol. The Morgan fingerprint density at radius 2 is 2.00 bits per heavy atom. The fourth-order valence-electron chi connectivity index (χ4n) is 2.86. The Morgan fingerprint density at radius 1 is 1.41 bits per heavy atom. The minimum absolute atomic E-state index is 0.176. The van der Waals surface area contributed by atoms with E-state index in [1.807, 2.05) is 0 Å². The Balaban J connectivity index is 1.82. The molecule has 0 saturated carbocycles. The Hall–Kier alpha value is -0.410. The van der Waals surface area contributed by atoms with Crippen LogP contribution in [0.1, 0.15) is 46.5 Å². The van der Waals surface area contributed by atoms with Crippen molar-refractivity contribution in [1.82, 2.24) is 10.2 Å². The average molecular weight is 238 g/mol. The Morgan fingerprint density at radius 3 is 2.41 bits per heavy atom. The van der Waals surface area contributed by atoms with Gasteiger partial charge in [0.1, 0.15) is 5.78 Å². The van der Waals surface area contributed by atoms with Gasteiger partial charge < -0.3 is 10.2 Å². The Labute approximate surface area is 105 Å². The number of Topliss-reactive ketones (excluding diaryl/α,β-unsaturated/α-hetero) is 1. The molecule has 0 amide bonds. The van der Waals surface area contributed by atoms with Gasteiger partial charge in [0, 0.05) is 12.5 Å². The third-order valence-corrected chi connectivity index (χ3v) is 4.55. The zero-order valence-electron chi connectivity index (χ0n) is 11.5. The summed E-state index contributed by atoms with van der Waals surface area (Å²) in [5, 5.41) is 3.22. The molecule has 0 aliphatic carbocycles. The van der Waals surface area contributed by atoms with Crippen LogP contribution in [0.3, 0.4) is 0 Å². The first kappa shape index (κ1) is 13.0. The van der Waals surface area contributed by atoms with Gasteiger partial charge in [-0.15, -0.1) is 0 Å². The van der Waals surface area contributed by atoms with Gasteiger partial charge in [0.05, 0.1) is 6.04 Å². The van der Waals surface area contributed by atoms with E-state index in [0.29, 0.717) is 11.8 Å². The highest BCUT2D eigenvalue weighted by Gasteiger charge is 2.35. The largest absolute Gasteiger partial charge is 0.307 e. The molecule has 2 aliphatic rings. The quantitative estimate of drug-likeness (QED) is 0.811. The highest BCUT2D eigenvalue weighted by atomic mass is 16.1. The zero-order chi connectivity index (χ0) is 12.5. The fraction of sp³-hybridized carbons (Fsp3) is 0.929. The molecule has 3 heteroatoms. The van der Waals surface area contributed by atoms with Crippen LogP contribution in [0.25, 0.3) is 0 Å². The third-order valence-electron chi connectivity index (χ3n) is 4.55. The van der Waals surface area contributed by atoms with E-state index in [4.69, 9.17) is 0 Å². The normalized spacial score (nSPS) is 29.1. The van der Waals surface area contributed by atoms with Crippen LogP contribution in [0.15, 0.2) is 0 Å². The summed E-state index contributed by atoms with van der Waals surface area (Å²) in [7, 11) is 0. The van der Waals surface area contributed by atoms with Gasteiger partial charge in [0.2, 0.25) is 0 Å². The van der Waals surface area contributed by atoms with Crippen molar-refractivity contribution in [3.63, 3.8) is 0 Å². The molecule has 2 rings (SSSR count). The molecule has 0 spiro atoms. The first-order valence-electron chi connectivity index (χ1n) is 7.00. The van der Waals surface area contributed by atoms with Crippen molar-refractivity contribution >= 4 is 5.78 Å². The van der Waals surface area contributed by atoms with Crippen molar-refractivity contribution in [3.8, 4) is 0 Å². The van der Waals surface area contributed by atoms with Crippen molar-refractivity contribution in [2.75, 3.05) is 19.6 Å². The first-order chi connectivity index (χ1) is 8.00. The van der Waals surface area contributed by atoms with Gasteiger partial charge in [-0.3, -0.25) is 4.79 Å². The first-order valence-corrected chi connectivity index (χ1v) is 7.00. The molecule has 0 bridgehead atoms. The number of likely N-dealkylation sites (tertiary alicyclic amines) is 1. The number of ketones is 1. The maximum absolute atomic E-state index is 12.0. The number of carbonyl (C=O) groups is 1. The summed E-state index contributed by atoms with van der Waals surface area (Å²) in [5.41, 5.74) is 0.250. The van der Waals surface area contributed by atoms with E-state index in [2.05, 4.69) is 31.0 Å². The lowest BCUT2D eigenvalue weighted by molar-refractivity contribution is -0.125. The van der Waals surface area contributed by atoms with E-state index in [-0.39, 0.29) is 11.5 Å². The van der Waals surface area contributed by atoms with Crippen LogP contribution < -0.4 is 5.32 Å². The van der Waals surface area contributed by atoms with E-state index in [1.165, 1.54) is 12.8 Å². The summed E-state index contributed by atoms with van der Waals surface area (Å²) in [5.74, 6) is 0.441. The lowest BCUT2D eigenvalue weighted by atomic mass is 9.74. The molecule has 0 aromatic carbocycles. The van der Waals surface area contributed by atoms with E-state index in [9.17, 15) is 4.79 Å². The average Bonchev–Trinajstić information content (AvgIpc) is 2.14. The molecular weight excluding hydrogens is 212 g/mol. The van der Waals surface area contributed by atoms with Gasteiger partial charge in [-0.1, -0.05) is 6.92 Å². The lowest BCUT2D eigenvalue weighted by Crippen LogP contribution is -2.50. The number of rotatable bonds is 4. The van der Waals surface area contributed by atoms with Gasteiger partial charge in [-0.25, -0.2) is 0 Å². The Kier molecular flexibility index (Phi) is 3.88. The van der Waals surface area contributed by atoms with Crippen molar-refractivity contribution in [2.24, 2.45) is 5.41 Å². The zero-order valence-corrected chi connectivity index (χ0v) is 11.5. The lowest BCUT2D eigenvalue weighted by Gasteiger charge is -2.42. The SMILES string of the molecule is CC(C)N1CCC(C)(CC(=O)C2CCN2)CC1. The summed E-state index contributed by atoms with van der Waals surface area (Å²) in [4.78, 5) is 14.6. The standard InChI is InChI=1S/C14H26N2O/c1-11(2)16-8-5-14(3,6-9-16)10-13(17)12-4-7-15-12/h11-12,15H,4-10H2,1-3H3. The monoisotopic (exact) mass is 238 g/mol. The number of piperidine rings is 1. The summed E-state index contributed by atoms with van der Waals surface area (Å²) in [6, 6.07) is 0.818. The van der Waals surface area contributed by atoms with Crippen molar-refractivity contribution in [2.45, 2.75) is 58.5 Å². The Bertz CT molecular complexity index is 276. The van der Waals surface area contributed by atoms with Gasteiger partial charge in [0.15, 0.2) is 0 Å². The molecular formula is C14H26N2O. The van der Waals surface area contributed by atoms with Crippen LogP contribution in [0.2, 0.25) is 0 Å². The molecule has 3 nitrogen and oxygen atoms in total. The van der Waals surface area contributed by atoms with E-state index < -0.39 is 0 Å². The number of carbonyl (C=O) groups excluding carboxylic acids is 1. The summed E-state index contributed by atoms with van der Waals surface area (Å²) in [6.45, 7) is 10.1. The molecule has 0 aromatic rings. The van der Waals surface area contributed by atoms with Crippen LogP contribution >= 0.6 is 0 Å².